The fraction of sp³-hybridized carbons (Fsp3) is 0.600. The zero-order valence-corrected chi connectivity index (χ0v) is 9.75. The second-order valence-electron chi connectivity index (χ2n) is 3.94. The van der Waals surface area contributed by atoms with Gasteiger partial charge in [0.25, 0.3) is 5.91 Å². The van der Waals surface area contributed by atoms with E-state index in [0.29, 0.717) is 5.69 Å². The average Bonchev–Trinajstić information content (AvgIpc) is 2.69. The molecule has 0 saturated carbocycles. The minimum absolute atomic E-state index is 0.0535. The maximum atomic E-state index is 12.1. The number of hydrogen-bond donors (Lipinski definition) is 1. The van der Waals surface area contributed by atoms with Gasteiger partial charge in [-0.05, 0) is 13.8 Å². The first kappa shape index (κ1) is 10.6. The van der Waals surface area contributed by atoms with Gasteiger partial charge in [-0.3, -0.25) is 4.79 Å². The van der Waals surface area contributed by atoms with Gasteiger partial charge in [0.1, 0.15) is 5.69 Å². The summed E-state index contributed by atoms with van der Waals surface area (Å²) in [6, 6.07) is 0.478. The van der Waals surface area contributed by atoms with Crippen LogP contribution in [-0.4, -0.2) is 41.0 Å². The molecule has 0 spiro atoms. The molecule has 1 amide bonds. The fourth-order valence-electron chi connectivity index (χ4n) is 1.98. The van der Waals surface area contributed by atoms with Crippen LogP contribution in [-0.2, 0) is 0 Å². The van der Waals surface area contributed by atoms with Gasteiger partial charge in [0.2, 0.25) is 0 Å². The van der Waals surface area contributed by atoms with E-state index in [0.717, 1.165) is 13.1 Å². The molecule has 1 fully saturated rings. The topological polar surface area (TPSA) is 45.2 Å². The molecule has 2 unspecified atom stereocenters. The van der Waals surface area contributed by atoms with Gasteiger partial charge in [-0.25, -0.2) is 4.98 Å². The number of nitrogens with one attached hydrogen (secondary N) is 1. The predicted octanol–water partition coefficient (Wildman–Crippen LogP) is 0.965. The SMILES string of the molecule is CC1CNCC(C)N1C(=O)c1cscn1. The van der Waals surface area contributed by atoms with Crippen molar-refractivity contribution in [2.45, 2.75) is 25.9 Å². The van der Waals surface area contributed by atoms with E-state index in [4.69, 9.17) is 0 Å². The lowest BCUT2D eigenvalue weighted by Gasteiger charge is -2.39. The Bertz CT molecular complexity index is 328. The second kappa shape index (κ2) is 4.28. The lowest BCUT2D eigenvalue weighted by atomic mass is 10.1. The minimum atomic E-state index is 0.0535. The molecule has 1 aliphatic rings. The summed E-state index contributed by atoms with van der Waals surface area (Å²) in [4.78, 5) is 18.1. The summed E-state index contributed by atoms with van der Waals surface area (Å²) in [5.41, 5.74) is 2.27. The van der Waals surface area contributed by atoms with Crippen LogP contribution < -0.4 is 5.32 Å². The van der Waals surface area contributed by atoms with Crippen LogP contribution in [0.3, 0.4) is 0 Å². The number of carbonyl (C=O) groups is 1. The molecule has 1 N–H and O–H groups in total. The summed E-state index contributed by atoms with van der Waals surface area (Å²) in [7, 11) is 0. The molecule has 5 heteroatoms. The quantitative estimate of drug-likeness (QED) is 0.774. The maximum absolute atomic E-state index is 12.1. The van der Waals surface area contributed by atoms with E-state index in [1.807, 2.05) is 10.3 Å². The number of rotatable bonds is 1. The highest BCUT2D eigenvalue weighted by molar-refractivity contribution is 7.07. The molecule has 0 radical (unpaired) electrons. The lowest BCUT2D eigenvalue weighted by Crippen LogP contribution is -2.57. The number of piperazine rings is 1. The molecule has 15 heavy (non-hydrogen) atoms. The highest BCUT2D eigenvalue weighted by atomic mass is 32.1. The standard InChI is InChI=1S/C10H15N3OS/c1-7-3-11-4-8(2)13(7)10(14)9-5-15-6-12-9/h5-8,11H,3-4H2,1-2H3. The summed E-state index contributed by atoms with van der Waals surface area (Å²) >= 11 is 1.46. The molecule has 2 atom stereocenters. The normalized spacial score (nSPS) is 26.7. The zero-order chi connectivity index (χ0) is 10.8. The van der Waals surface area contributed by atoms with E-state index in [9.17, 15) is 4.79 Å². The van der Waals surface area contributed by atoms with Crippen LogP contribution in [0.2, 0.25) is 0 Å². The third-order valence-corrected chi connectivity index (χ3v) is 3.30. The second-order valence-corrected chi connectivity index (χ2v) is 4.66. The van der Waals surface area contributed by atoms with Crippen molar-refractivity contribution in [2.24, 2.45) is 0 Å². The third kappa shape index (κ3) is 2.03. The molecular formula is C10H15N3OS. The molecule has 1 aliphatic heterocycles. The summed E-state index contributed by atoms with van der Waals surface area (Å²) in [6.45, 7) is 5.85. The van der Waals surface area contributed by atoms with Gasteiger partial charge >= 0.3 is 0 Å². The molecule has 0 aliphatic carbocycles. The van der Waals surface area contributed by atoms with Crippen molar-refractivity contribution >= 4 is 17.2 Å². The fourth-order valence-corrected chi connectivity index (χ4v) is 2.51. The van der Waals surface area contributed by atoms with Gasteiger partial charge in [0.15, 0.2) is 0 Å². The van der Waals surface area contributed by atoms with E-state index >= 15 is 0 Å². The predicted molar refractivity (Wildman–Crippen MR) is 60.1 cm³/mol. The first-order valence-corrected chi connectivity index (χ1v) is 6.06. The highest BCUT2D eigenvalue weighted by Gasteiger charge is 2.30. The Morgan fingerprint density at radius 3 is 2.73 bits per heavy atom. The van der Waals surface area contributed by atoms with Gasteiger partial charge in [-0.1, -0.05) is 0 Å². The largest absolute Gasteiger partial charge is 0.329 e. The van der Waals surface area contributed by atoms with Crippen molar-refractivity contribution in [2.75, 3.05) is 13.1 Å². The average molecular weight is 225 g/mol. The smallest absolute Gasteiger partial charge is 0.273 e. The van der Waals surface area contributed by atoms with Crippen molar-refractivity contribution in [1.82, 2.24) is 15.2 Å². The van der Waals surface area contributed by atoms with E-state index in [1.54, 1.807) is 5.51 Å². The number of hydrogen-bond acceptors (Lipinski definition) is 4. The Kier molecular flexibility index (Phi) is 3.02. The van der Waals surface area contributed by atoms with E-state index < -0.39 is 0 Å². The monoisotopic (exact) mass is 225 g/mol. The highest BCUT2D eigenvalue weighted by Crippen LogP contribution is 2.14. The van der Waals surface area contributed by atoms with Crippen LogP contribution >= 0.6 is 11.3 Å². The van der Waals surface area contributed by atoms with Crippen LogP contribution in [0, 0.1) is 0 Å². The van der Waals surface area contributed by atoms with Crippen molar-refractivity contribution in [3.8, 4) is 0 Å². The van der Waals surface area contributed by atoms with Crippen molar-refractivity contribution < 1.29 is 4.79 Å². The van der Waals surface area contributed by atoms with Gasteiger partial charge in [-0.15, -0.1) is 11.3 Å². The van der Waals surface area contributed by atoms with E-state index in [2.05, 4.69) is 24.1 Å². The van der Waals surface area contributed by atoms with Gasteiger partial charge in [-0.2, -0.15) is 0 Å². The molecule has 2 rings (SSSR count). The van der Waals surface area contributed by atoms with Gasteiger partial charge in [0, 0.05) is 30.6 Å². The molecule has 1 aromatic rings. The third-order valence-electron chi connectivity index (χ3n) is 2.72. The van der Waals surface area contributed by atoms with Gasteiger partial charge in [0.05, 0.1) is 5.51 Å². The molecule has 2 heterocycles. The molecule has 4 nitrogen and oxygen atoms in total. The number of thiazole rings is 1. The van der Waals surface area contributed by atoms with Crippen LogP contribution in [0.15, 0.2) is 10.9 Å². The van der Waals surface area contributed by atoms with Crippen molar-refractivity contribution in [3.63, 3.8) is 0 Å². The number of nitrogens with zero attached hydrogens (tertiary/aromatic N) is 2. The summed E-state index contributed by atoms with van der Waals surface area (Å²) in [6.07, 6.45) is 0. The minimum Gasteiger partial charge on any atom is -0.329 e. The number of aromatic nitrogens is 1. The molecule has 82 valence electrons. The molecule has 1 saturated heterocycles. The Hall–Kier alpha value is -0.940. The maximum Gasteiger partial charge on any atom is 0.273 e. The van der Waals surface area contributed by atoms with Crippen LogP contribution in [0.5, 0.6) is 0 Å². The lowest BCUT2D eigenvalue weighted by molar-refractivity contribution is 0.0539. The zero-order valence-electron chi connectivity index (χ0n) is 8.93. The van der Waals surface area contributed by atoms with Crippen molar-refractivity contribution in [1.29, 1.82) is 0 Å². The molecule has 0 aromatic carbocycles. The van der Waals surface area contributed by atoms with Gasteiger partial charge < -0.3 is 10.2 Å². The Morgan fingerprint density at radius 1 is 1.53 bits per heavy atom. The summed E-state index contributed by atoms with van der Waals surface area (Å²) < 4.78 is 0. The first-order chi connectivity index (χ1) is 7.20. The Labute approximate surface area is 93.3 Å². The Morgan fingerprint density at radius 2 is 2.20 bits per heavy atom. The van der Waals surface area contributed by atoms with Crippen molar-refractivity contribution in [3.05, 3.63) is 16.6 Å². The van der Waals surface area contributed by atoms with E-state index in [1.165, 1.54) is 11.3 Å². The Balaban J connectivity index is 2.17. The van der Waals surface area contributed by atoms with E-state index in [-0.39, 0.29) is 18.0 Å². The number of carbonyl (C=O) groups excluding carboxylic acids is 1. The summed E-state index contributed by atoms with van der Waals surface area (Å²) in [5, 5.41) is 5.11. The van der Waals surface area contributed by atoms with Crippen LogP contribution in [0.25, 0.3) is 0 Å². The molecule has 0 bridgehead atoms. The van der Waals surface area contributed by atoms with Crippen LogP contribution in [0.4, 0.5) is 0 Å². The van der Waals surface area contributed by atoms with Crippen LogP contribution in [0.1, 0.15) is 24.3 Å². The molecular weight excluding hydrogens is 210 g/mol. The number of amides is 1. The first-order valence-electron chi connectivity index (χ1n) is 5.11. The summed E-state index contributed by atoms with van der Waals surface area (Å²) in [5.74, 6) is 0.0535. The molecule has 1 aromatic heterocycles.